The molecule has 0 aromatic carbocycles. The van der Waals surface area contributed by atoms with Gasteiger partial charge < -0.3 is 5.21 Å². The van der Waals surface area contributed by atoms with E-state index in [9.17, 15) is 5.21 Å². The molecule has 0 spiro atoms. The minimum Gasteiger partial charge on any atom is -0.691 e. The van der Waals surface area contributed by atoms with Gasteiger partial charge in [-0.25, -0.2) is 0 Å². The van der Waals surface area contributed by atoms with Gasteiger partial charge >= 0.3 is 0 Å². The Labute approximate surface area is 88.6 Å². The van der Waals surface area contributed by atoms with Gasteiger partial charge in [0.2, 0.25) is 0 Å². The van der Waals surface area contributed by atoms with E-state index in [0.29, 0.717) is 23.0 Å². The van der Waals surface area contributed by atoms with E-state index < -0.39 is 0 Å². The van der Waals surface area contributed by atoms with E-state index in [1.54, 1.807) is 12.1 Å². The van der Waals surface area contributed by atoms with Crippen LogP contribution in [-0.4, -0.2) is 17.4 Å². The molecule has 2 N–H and O–H groups in total. The molecule has 0 aliphatic heterocycles. The number of hydrogen-bond acceptors (Lipinski definition) is 5. The summed E-state index contributed by atoms with van der Waals surface area (Å²) in [4.78, 5) is 0.534. The minimum absolute atomic E-state index is 0.424. The van der Waals surface area contributed by atoms with Crippen molar-refractivity contribution in [2.75, 3.05) is 17.3 Å². The molecule has 0 bridgehead atoms. The van der Waals surface area contributed by atoms with Crippen molar-refractivity contribution in [2.45, 2.75) is 20.8 Å². The normalized spacial score (nSPS) is 9.53. The fraction of sp³-hybridized carbons (Fsp3) is 0.444. The summed E-state index contributed by atoms with van der Waals surface area (Å²) < 4.78 is 0. The Morgan fingerprint density at radius 2 is 2.27 bits per heavy atom. The first kappa shape index (κ1) is 11.2. The maximum absolute atomic E-state index is 11.3. The lowest BCUT2D eigenvalue weighted by Crippen LogP contribution is -2.35. The molecule has 0 radical (unpaired) electrons. The summed E-state index contributed by atoms with van der Waals surface area (Å²) in [6.07, 6.45) is 0. The van der Waals surface area contributed by atoms with Crippen molar-refractivity contribution in [3.05, 3.63) is 17.3 Å². The highest BCUT2D eigenvalue weighted by molar-refractivity contribution is 5.79. The van der Waals surface area contributed by atoms with Gasteiger partial charge in [0.15, 0.2) is 5.82 Å². The van der Waals surface area contributed by atoms with Crippen LogP contribution in [0.2, 0.25) is 0 Å². The van der Waals surface area contributed by atoms with Crippen LogP contribution < -0.4 is 15.6 Å². The van der Waals surface area contributed by atoms with Crippen LogP contribution in [-0.2, 0) is 0 Å². The van der Waals surface area contributed by atoms with Crippen LogP contribution in [0.3, 0.4) is 0 Å². The number of hydrogen-bond donors (Lipinski definition) is 2. The molecule has 0 aliphatic rings. The number of hydrazone groups is 1. The summed E-state index contributed by atoms with van der Waals surface area (Å²) in [7, 11) is 0. The average molecular weight is 209 g/mol. The van der Waals surface area contributed by atoms with E-state index in [1.807, 2.05) is 20.8 Å². The molecular formula is C9H15N5O. The lowest BCUT2D eigenvalue weighted by atomic mass is 10.5. The third-order valence-electron chi connectivity index (χ3n) is 1.56. The predicted octanol–water partition coefficient (Wildman–Crippen LogP) is 0.955. The van der Waals surface area contributed by atoms with Gasteiger partial charge in [-0.05, 0) is 26.8 Å². The highest BCUT2D eigenvalue weighted by Crippen LogP contribution is 2.03. The Bertz CT molecular complexity index is 360. The zero-order chi connectivity index (χ0) is 11.3. The maximum Gasteiger partial charge on any atom is 0.299 e. The molecule has 1 aromatic rings. The molecule has 15 heavy (non-hydrogen) atoms. The minimum atomic E-state index is 0.424. The summed E-state index contributed by atoms with van der Waals surface area (Å²) in [5.41, 5.74) is 3.55. The number of aromatic nitrogens is 2. The highest BCUT2D eigenvalue weighted by Gasteiger charge is 2.03. The first-order valence-electron chi connectivity index (χ1n) is 4.75. The molecular weight excluding hydrogens is 194 g/mol. The zero-order valence-corrected chi connectivity index (χ0v) is 9.11. The number of anilines is 2. The van der Waals surface area contributed by atoms with E-state index >= 15 is 0 Å². The van der Waals surface area contributed by atoms with E-state index in [4.69, 9.17) is 0 Å². The monoisotopic (exact) mass is 209 g/mol. The van der Waals surface area contributed by atoms with Crippen LogP contribution in [0.4, 0.5) is 11.6 Å². The van der Waals surface area contributed by atoms with Crippen molar-refractivity contribution < 1.29 is 4.85 Å². The van der Waals surface area contributed by atoms with Crippen LogP contribution in [0.15, 0.2) is 17.2 Å². The van der Waals surface area contributed by atoms with E-state index in [1.165, 1.54) is 0 Å². The maximum atomic E-state index is 11.3. The molecule has 0 atom stereocenters. The second kappa shape index (κ2) is 5.14. The first-order chi connectivity index (χ1) is 7.13. The van der Waals surface area contributed by atoms with Crippen LogP contribution >= 0.6 is 0 Å². The van der Waals surface area contributed by atoms with Gasteiger partial charge in [0.1, 0.15) is 0 Å². The Morgan fingerprint density at radius 1 is 1.53 bits per heavy atom. The molecule has 82 valence electrons. The van der Waals surface area contributed by atoms with Crippen molar-refractivity contribution in [2.24, 2.45) is 5.10 Å². The van der Waals surface area contributed by atoms with Gasteiger partial charge in [-0.3, -0.25) is 10.7 Å². The fourth-order valence-corrected chi connectivity index (χ4v) is 0.943. The summed E-state index contributed by atoms with van der Waals surface area (Å²) in [6.45, 7) is 6.30. The van der Waals surface area contributed by atoms with Gasteiger partial charge in [0.25, 0.3) is 5.82 Å². The smallest absolute Gasteiger partial charge is 0.299 e. The molecule has 0 unspecified atom stereocenters. The Balaban J connectivity index is 2.77. The van der Waals surface area contributed by atoms with Crippen molar-refractivity contribution in [1.29, 1.82) is 0 Å². The molecule has 0 saturated heterocycles. The first-order valence-corrected chi connectivity index (χ1v) is 4.75. The van der Waals surface area contributed by atoms with Crippen LogP contribution in [0.1, 0.15) is 20.8 Å². The molecule has 0 aliphatic carbocycles. The second-order valence-corrected chi connectivity index (χ2v) is 3.18. The topological polar surface area (TPSA) is 76.2 Å². The van der Waals surface area contributed by atoms with Crippen LogP contribution in [0, 0.1) is 5.21 Å². The molecule has 0 saturated carbocycles. The Kier molecular flexibility index (Phi) is 3.84. The highest BCUT2D eigenvalue weighted by atomic mass is 16.5. The lowest BCUT2D eigenvalue weighted by Gasteiger charge is -2.07. The summed E-state index contributed by atoms with van der Waals surface area (Å²) >= 11 is 0. The summed E-state index contributed by atoms with van der Waals surface area (Å²) in [5, 5.41) is 21.9. The van der Waals surface area contributed by atoms with Gasteiger partial charge in [0, 0.05) is 11.8 Å². The van der Waals surface area contributed by atoms with E-state index in [2.05, 4.69) is 20.9 Å². The molecule has 0 amide bonds. The number of nitrogens with zero attached hydrogens (tertiary/aromatic N) is 3. The van der Waals surface area contributed by atoms with Gasteiger partial charge in [0.05, 0.1) is 6.54 Å². The molecule has 1 rings (SSSR count). The van der Waals surface area contributed by atoms with Crippen LogP contribution in [0.25, 0.3) is 0 Å². The van der Waals surface area contributed by atoms with Crippen molar-refractivity contribution in [1.82, 2.24) is 5.10 Å². The van der Waals surface area contributed by atoms with Crippen molar-refractivity contribution in [3.63, 3.8) is 0 Å². The molecule has 1 aromatic heterocycles. The standard InChI is InChI=1S/C9H15N5O/c1-4-10-9-6-5-8(13-14(9)15)12-11-7(2)3/h5-6,10H,4H2,1-3H3,(H,12,13). The lowest BCUT2D eigenvalue weighted by molar-refractivity contribution is -0.653. The predicted molar refractivity (Wildman–Crippen MR) is 59.8 cm³/mol. The SMILES string of the molecule is CCNc1ccc(NN=C(C)C)n[n+]1[O-]. The van der Waals surface area contributed by atoms with Gasteiger partial charge in [-0.1, -0.05) is 5.10 Å². The largest absolute Gasteiger partial charge is 0.691 e. The van der Waals surface area contributed by atoms with Crippen molar-refractivity contribution in [3.8, 4) is 0 Å². The van der Waals surface area contributed by atoms with Crippen molar-refractivity contribution >= 4 is 17.3 Å². The molecule has 6 heteroatoms. The van der Waals surface area contributed by atoms with E-state index in [-0.39, 0.29) is 0 Å². The van der Waals surface area contributed by atoms with Crippen LogP contribution in [0.5, 0.6) is 0 Å². The van der Waals surface area contributed by atoms with Gasteiger partial charge in [-0.2, -0.15) is 5.10 Å². The number of nitrogens with one attached hydrogen (secondary N) is 2. The Hall–Kier alpha value is -1.85. The third kappa shape index (κ3) is 3.41. The number of rotatable bonds is 4. The molecule has 6 nitrogen and oxygen atoms in total. The second-order valence-electron chi connectivity index (χ2n) is 3.18. The average Bonchev–Trinajstić information content (AvgIpc) is 2.19. The zero-order valence-electron chi connectivity index (χ0n) is 9.11. The summed E-state index contributed by atoms with van der Waals surface area (Å²) in [6, 6.07) is 3.35. The quantitative estimate of drug-likeness (QED) is 0.335. The molecule has 1 heterocycles. The van der Waals surface area contributed by atoms with Gasteiger partial charge in [-0.15, -0.1) is 4.85 Å². The fourth-order valence-electron chi connectivity index (χ4n) is 0.943. The molecule has 0 fully saturated rings. The third-order valence-corrected chi connectivity index (χ3v) is 1.56. The van der Waals surface area contributed by atoms with E-state index in [0.717, 1.165) is 5.71 Å². The summed E-state index contributed by atoms with van der Waals surface area (Å²) in [5.74, 6) is 0.855. The Morgan fingerprint density at radius 3 is 2.80 bits per heavy atom.